The van der Waals surface area contributed by atoms with Crippen LogP contribution >= 0.6 is 27.5 Å². The molecule has 9 aromatic heterocycles. The van der Waals surface area contributed by atoms with E-state index in [1.165, 1.54) is 6.33 Å². The van der Waals surface area contributed by atoms with E-state index in [4.69, 9.17) is 53.3 Å². The Kier molecular flexibility index (Phi) is 17.9. The summed E-state index contributed by atoms with van der Waals surface area (Å²) in [5, 5.41) is 17.5. The number of carbonyl (C=O) groups excluding carboxylic acids is 2. The fourth-order valence-electron chi connectivity index (χ4n) is 13.8. The van der Waals surface area contributed by atoms with Crippen LogP contribution in [-0.4, -0.2) is 136 Å². The van der Waals surface area contributed by atoms with Crippen molar-refractivity contribution in [3.05, 3.63) is 130 Å². The van der Waals surface area contributed by atoms with Gasteiger partial charge in [0, 0.05) is 102 Å². The average Bonchev–Trinajstić information content (AvgIpc) is 1.61. The van der Waals surface area contributed by atoms with E-state index in [0.29, 0.717) is 53.9 Å². The topological polar surface area (TPSA) is 337 Å². The van der Waals surface area contributed by atoms with Gasteiger partial charge in [0.05, 0.1) is 51.8 Å². The molecule has 0 atom stereocenters. The minimum atomic E-state index is -0.711. The predicted molar refractivity (Wildman–Crippen MR) is 375 cm³/mol. The molecule has 0 radical (unpaired) electrons. The number of anilines is 3. The lowest BCUT2D eigenvalue weighted by atomic mass is 9.81. The summed E-state index contributed by atoms with van der Waals surface area (Å²) in [4.78, 5) is 83.4. The third kappa shape index (κ3) is 12.6. The number of carboxylic acid groups (broad SMARTS) is 1. The number of carboxylic acids is 1. The first-order chi connectivity index (χ1) is 46.1. The Bertz CT molecular complexity index is 4920. The summed E-state index contributed by atoms with van der Waals surface area (Å²) in [6.07, 6.45) is 16.4. The van der Waals surface area contributed by atoms with Crippen LogP contribution in [0.15, 0.2) is 102 Å². The molecule has 3 amide bonds. The number of nitrogens with zero attached hydrogens (tertiary/aromatic N) is 12. The fourth-order valence-corrected chi connectivity index (χ4v) is 14.5. The lowest BCUT2D eigenvalue weighted by molar-refractivity contribution is -0.150. The average molecular weight is 1380 g/mol. The minimum Gasteiger partial charge on any atom is -0.495 e. The van der Waals surface area contributed by atoms with Crippen LogP contribution in [0.2, 0.25) is 5.02 Å². The number of nitrogens with one attached hydrogen (secondary N) is 4. The smallest absolute Gasteiger partial charge is 0.319 e. The molecule has 96 heavy (non-hydrogen) atoms. The number of halogens is 2. The van der Waals surface area contributed by atoms with Gasteiger partial charge in [-0.25, -0.2) is 44.7 Å². The number of aromatic amines is 3. The number of piperidine rings is 1. The Hall–Kier alpha value is -9.79. The van der Waals surface area contributed by atoms with Crippen molar-refractivity contribution in [2.45, 2.75) is 115 Å². The molecule has 12 aromatic rings. The summed E-state index contributed by atoms with van der Waals surface area (Å²) in [6, 6.07) is 22.1. The normalized spacial score (nSPS) is 17.8. The number of aliphatic carboxylic acids is 1. The summed E-state index contributed by atoms with van der Waals surface area (Å²) in [7, 11) is 5.22. The maximum absolute atomic E-state index is 12.6. The zero-order chi connectivity index (χ0) is 67.4. The summed E-state index contributed by atoms with van der Waals surface area (Å²) in [5.74, 6) is 4.16. The number of H-pyrrole nitrogens is 3. The van der Waals surface area contributed by atoms with Crippen LogP contribution in [0, 0.1) is 18.8 Å². The summed E-state index contributed by atoms with van der Waals surface area (Å²) < 4.78 is 12.4. The number of hydrogen-bond acceptors (Lipinski definition) is 15. The first kappa shape index (κ1) is 64.9. The second-order valence-corrected chi connectivity index (χ2v) is 27.6. The lowest BCUT2D eigenvalue weighted by Crippen LogP contribution is -2.43. The highest BCUT2D eigenvalue weighted by molar-refractivity contribution is 9.10. The second kappa shape index (κ2) is 26.4. The molecule has 1 aliphatic heterocycles. The van der Waals surface area contributed by atoms with E-state index in [9.17, 15) is 19.5 Å². The molecule has 11 N–H and O–H groups in total. The molecule has 0 bridgehead atoms. The summed E-state index contributed by atoms with van der Waals surface area (Å²) in [5.41, 5.74) is 32.1. The van der Waals surface area contributed by atoms with Crippen LogP contribution in [0.25, 0.3) is 83.4 Å². The zero-order valence-corrected chi connectivity index (χ0v) is 56.8. The molecule has 15 rings (SSSR count). The van der Waals surface area contributed by atoms with Gasteiger partial charge in [0.15, 0.2) is 5.82 Å². The predicted octanol–water partition coefficient (Wildman–Crippen LogP) is 12.8. The Morgan fingerprint density at radius 2 is 1.19 bits per heavy atom. The Labute approximate surface area is 565 Å². The number of carbonyl (C=O) groups is 3. The van der Waals surface area contributed by atoms with Gasteiger partial charge in [0.2, 0.25) is 5.91 Å². The molecule has 25 nitrogen and oxygen atoms in total. The molecule has 3 fully saturated rings. The highest BCUT2D eigenvalue weighted by atomic mass is 79.9. The van der Waals surface area contributed by atoms with Crippen LogP contribution < -0.4 is 27.4 Å². The molecule has 10 heterocycles. The summed E-state index contributed by atoms with van der Waals surface area (Å²) >= 11 is 10.0. The van der Waals surface area contributed by atoms with Gasteiger partial charge in [-0.3, -0.25) is 23.2 Å². The van der Waals surface area contributed by atoms with E-state index >= 15 is 0 Å². The highest BCUT2D eigenvalue weighted by Gasteiger charge is 2.35. The quantitative estimate of drug-likeness (QED) is 0.0590. The third-order valence-corrected chi connectivity index (χ3v) is 19.7. The second-order valence-electron chi connectivity index (χ2n) is 26.3. The molecule has 27 heteroatoms. The van der Waals surface area contributed by atoms with Gasteiger partial charge in [-0.2, -0.15) is 5.10 Å². The van der Waals surface area contributed by atoms with Crippen molar-refractivity contribution >= 4 is 112 Å². The first-order valence-corrected chi connectivity index (χ1v) is 33.4. The van der Waals surface area contributed by atoms with Crippen LogP contribution in [0.3, 0.4) is 0 Å². The number of benzene rings is 3. The number of fused-ring (bicyclic) bond motifs is 6. The number of aromatic nitrogens is 13. The number of nitrogen functional groups attached to an aromatic ring is 3. The third-order valence-electron chi connectivity index (χ3n) is 18.7. The standard InChI is InChI=1S/C25H29ClN6O2.C23H26BrN7O2.C21H22N6O2/c1-25(2,3)34-31-24(33)15-9-7-14(8-10-15)23-30-20(21-22(27)28-11-12-32(21)23)18-13-16-5-4-6-17(26)19(16)29-18;1-29(2)23(32)30-9-6-13(7-10-30)22-28-19(20-21(25)26-8-11-31(20)22)16-12-14-15(24)4-5-17(33-3)18(14)27-16;1-11-3-2-4-14-9-15(25-16(11)14)17-18-19(22)23-10-24-27(18)20(26-17)12-5-7-13(8-6-12)21(28)29/h4-6,11-15,29H,7-10H2,1-3H3,(H2,27,28)(H,31,33);4-5,8,11-13,27H,6-7,9-10H2,1-3H3,(H2,25,26);2-4,9-10,12-13,25H,5-8H2,1H3,(H,28,29)(H2,22,23,24). The summed E-state index contributed by atoms with van der Waals surface area (Å²) in [6.45, 7) is 9.19. The van der Waals surface area contributed by atoms with Crippen LogP contribution in [-0.2, 0) is 14.4 Å². The minimum absolute atomic E-state index is 0.0492. The molecule has 2 aliphatic carbocycles. The molecule has 3 aliphatic rings. The number of hydroxylamine groups is 1. The number of aryl methyl sites for hydroxylation is 1. The van der Waals surface area contributed by atoms with Crippen molar-refractivity contribution in [3.63, 3.8) is 0 Å². The van der Waals surface area contributed by atoms with Crippen molar-refractivity contribution in [1.29, 1.82) is 0 Å². The van der Waals surface area contributed by atoms with Gasteiger partial charge < -0.3 is 51.8 Å². The number of ether oxygens (including phenoxy) is 1. The Morgan fingerprint density at radius 1 is 0.667 bits per heavy atom. The van der Waals surface area contributed by atoms with Crippen molar-refractivity contribution in [2.24, 2.45) is 11.8 Å². The molecular formula is C69H77BrClN19O6. The van der Waals surface area contributed by atoms with E-state index in [1.54, 1.807) is 43.0 Å². The molecule has 0 unspecified atom stereocenters. The largest absolute Gasteiger partial charge is 0.495 e. The maximum Gasteiger partial charge on any atom is 0.319 e. The number of rotatable bonds is 10. The number of amides is 3. The van der Waals surface area contributed by atoms with Crippen molar-refractivity contribution < 1.29 is 29.1 Å². The van der Waals surface area contributed by atoms with Gasteiger partial charge in [-0.1, -0.05) is 57.9 Å². The number of para-hydroxylation sites is 2. The van der Waals surface area contributed by atoms with Gasteiger partial charge in [0.1, 0.15) is 74.8 Å². The van der Waals surface area contributed by atoms with Gasteiger partial charge in [-0.15, -0.1) is 0 Å². The van der Waals surface area contributed by atoms with E-state index in [0.717, 1.165) is 163 Å². The first-order valence-electron chi connectivity index (χ1n) is 32.3. The number of hydrogen-bond donors (Lipinski definition) is 8. The van der Waals surface area contributed by atoms with Gasteiger partial charge in [-0.05, 0) is 134 Å². The monoisotopic (exact) mass is 1380 g/mol. The van der Waals surface area contributed by atoms with E-state index in [1.807, 2.05) is 89.3 Å². The number of nitrogens with two attached hydrogens (primary N) is 3. The van der Waals surface area contributed by atoms with Crippen LogP contribution in [0.5, 0.6) is 5.75 Å². The van der Waals surface area contributed by atoms with E-state index in [-0.39, 0.29) is 41.5 Å². The lowest BCUT2D eigenvalue weighted by Gasteiger charge is -2.33. The van der Waals surface area contributed by atoms with Crippen molar-refractivity contribution in [3.8, 4) is 39.9 Å². The van der Waals surface area contributed by atoms with Crippen molar-refractivity contribution in [1.82, 2.24) is 78.6 Å². The van der Waals surface area contributed by atoms with Crippen LogP contribution in [0.1, 0.15) is 126 Å². The van der Waals surface area contributed by atoms with Gasteiger partial charge in [0.25, 0.3) is 0 Å². The zero-order valence-electron chi connectivity index (χ0n) is 54.5. The fraction of sp³-hybridized carbons (Fsp3) is 0.362. The molecular weight excluding hydrogens is 1310 g/mol. The number of likely N-dealkylation sites (tertiary alicyclic amines) is 1. The molecule has 2 saturated carbocycles. The molecule has 0 spiro atoms. The Balaban J connectivity index is 0.000000131. The number of urea groups is 1. The molecule has 1 saturated heterocycles. The molecule has 3 aromatic carbocycles. The number of imidazole rings is 3. The van der Waals surface area contributed by atoms with E-state index < -0.39 is 11.6 Å². The van der Waals surface area contributed by atoms with E-state index in [2.05, 4.69) is 87.6 Å². The molecule has 498 valence electrons. The van der Waals surface area contributed by atoms with Crippen molar-refractivity contribution in [2.75, 3.05) is 51.5 Å². The maximum atomic E-state index is 12.6. The SMILES string of the molecule is CC(C)(C)ONC(=O)C1CCC(c2nc(-c3cc4cccc(Cl)c4[nH]3)c3c(N)nccn23)CC1.COc1ccc(Br)c2cc(-c3nc(C4CCN(C(=O)N(C)C)CC4)n4ccnc(N)c34)[nH]c12.Cc1cccc2cc(-c3nc(C4CCC(C(=O)O)CC4)n4ncnc(N)c34)[nH]c12. The Morgan fingerprint density at radius 3 is 1.76 bits per heavy atom. The number of methoxy groups -OCH3 is 1. The van der Waals surface area contributed by atoms with Crippen LogP contribution in [0.4, 0.5) is 22.2 Å². The van der Waals surface area contributed by atoms with Gasteiger partial charge >= 0.3 is 12.0 Å². The highest BCUT2D eigenvalue weighted by Crippen LogP contribution is 2.43.